The fourth-order valence-corrected chi connectivity index (χ4v) is 3.22. The van der Waals surface area contributed by atoms with E-state index in [1.165, 1.54) is 11.8 Å². The lowest BCUT2D eigenvalue weighted by molar-refractivity contribution is 0.339. The van der Waals surface area contributed by atoms with Crippen molar-refractivity contribution in [3.63, 3.8) is 0 Å². The van der Waals surface area contributed by atoms with Gasteiger partial charge in [0.1, 0.15) is 23.0 Å². The van der Waals surface area contributed by atoms with Gasteiger partial charge >= 0.3 is 0 Å². The predicted molar refractivity (Wildman–Crippen MR) is 84.5 cm³/mol. The maximum absolute atomic E-state index is 5.83. The van der Waals surface area contributed by atoms with Crippen LogP contribution in [-0.2, 0) is 19.5 Å². The van der Waals surface area contributed by atoms with Gasteiger partial charge in [-0.3, -0.25) is 0 Å². The van der Waals surface area contributed by atoms with Crippen LogP contribution in [-0.4, -0.2) is 21.3 Å². The molecule has 0 aliphatic carbocycles. The number of nitrogens with zero attached hydrogens (tertiary/aromatic N) is 3. The molecule has 0 radical (unpaired) electrons. The molecule has 0 saturated carbocycles. The highest BCUT2D eigenvalue weighted by Gasteiger charge is 2.21. The van der Waals surface area contributed by atoms with Gasteiger partial charge in [0.25, 0.3) is 0 Å². The molecule has 0 amide bonds. The molecule has 5 nitrogen and oxygen atoms in total. The number of aryl methyl sites for hydroxylation is 2. The molecule has 1 N–H and O–H groups in total. The van der Waals surface area contributed by atoms with E-state index >= 15 is 0 Å². The molecule has 1 unspecified atom stereocenters. The van der Waals surface area contributed by atoms with E-state index in [4.69, 9.17) is 4.42 Å². The Morgan fingerprint density at radius 3 is 3.14 bits per heavy atom. The number of fused-ring (bicyclic) bond motifs is 2. The number of para-hydroxylation sites is 1. The Morgan fingerprint density at radius 1 is 1.32 bits per heavy atom. The smallest absolute Gasteiger partial charge is 0.134 e. The lowest BCUT2D eigenvalue weighted by Crippen LogP contribution is -2.30. The third-order valence-corrected chi connectivity index (χ3v) is 4.44. The maximum Gasteiger partial charge on any atom is 0.134 e. The summed E-state index contributed by atoms with van der Waals surface area (Å²) in [7, 11) is 0. The van der Waals surface area contributed by atoms with Crippen LogP contribution in [0.15, 0.2) is 34.7 Å². The normalized spacial score (nSPS) is 17.8. The summed E-state index contributed by atoms with van der Waals surface area (Å²) in [5.74, 6) is 3.78. The van der Waals surface area contributed by atoms with Crippen LogP contribution in [0.3, 0.4) is 0 Å². The number of nitrogens with one attached hydrogen (secondary N) is 1. The molecule has 0 bridgehead atoms. The second-order valence-electron chi connectivity index (χ2n) is 6.06. The van der Waals surface area contributed by atoms with E-state index in [0.29, 0.717) is 5.92 Å². The molecule has 3 heterocycles. The van der Waals surface area contributed by atoms with Crippen LogP contribution in [0, 0.1) is 12.8 Å². The largest absolute Gasteiger partial charge is 0.460 e. The second kappa shape index (κ2) is 5.57. The zero-order chi connectivity index (χ0) is 14.9. The lowest BCUT2D eigenvalue weighted by atomic mass is 9.99. The van der Waals surface area contributed by atoms with E-state index in [1.807, 2.05) is 25.1 Å². The molecule has 5 heteroatoms. The van der Waals surface area contributed by atoms with Crippen LogP contribution < -0.4 is 5.32 Å². The highest BCUT2D eigenvalue weighted by molar-refractivity contribution is 5.77. The first-order chi connectivity index (χ1) is 10.8. The van der Waals surface area contributed by atoms with Crippen LogP contribution in [0.5, 0.6) is 0 Å². The van der Waals surface area contributed by atoms with Gasteiger partial charge in [0.15, 0.2) is 0 Å². The van der Waals surface area contributed by atoms with E-state index in [1.54, 1.807) is 0 Å². The zero-order valence-corrected chi connectivity index (χ0v) is 12.7. The molecule has 0 fully saturated rings. The first-order valence-electron chi connectivity index (χ1n) is 7.86. The fourth-order valence-electron chi connectivity index (χ4n) is 3.22. The van der Waals surface area contributed by atoms with Gasteiger partial charge in [-0.05, 0) is 31.4 Å². The Hall–Kier alpha value is -2.14. The summed E-state index contributed by atoms with van der Waals surface area (Å²) >= 11 is 0. The molecule has 0 saturated heterocycles. The van der Waals surface area contributed by atoms with Gasteiger partial charge in [-0.2, -0.15) is 0 Å². The van der Waals surface area contributed by atoms with Crippen molar-refractivity contribution < 1.29 is 4.42 Å². The topological polar surface area (TPSA) is 55.9 Å². The van der Waals surface area contributed by atoms with Crippen molar-refractivity contribution >= 4 is 11.0 Å². The van der Waals surface area contributed by atoms with Crippen LogP contribution in [0.25, 0.3) is 11.0 Å². The molecule has 22 heavy (non-hydrogen) atoms. The third kappa shape index (κ3) is 2.52. The van der Waals surface area contributed by atoms with Gasteiger partial charge in [-0.15, -0.1) is 10.2 Å². The molecule has 4 rings (SSSR count). The minimum Gasteiger partial charge on any atom is -0.460 e. The predicted octanol–water partition coefficient (Wildman–Crippen LogP) is 2.68. The minimum atomic E-state index is 0.631. The number of benzene rings is 1. The van der Waals surface area contributed by atoms with Crippen LogP contribution in [0.4, 0.5) is 0 Å². The van der Waals surface area contributed by atoms with Gasteiger partial charge in [0, 0.05) is 24.9 Å². The average Bonchev–Trinajstić information content (AvgIpc) is 3.11. The minimum absolute atomic E-state index is 0.631. The highest BCUT2D eigenvalue weighted by Crippen LogP contribution is 2.20. The quantitative estimate of drug-likeness (QED) is 0.804. The van der Waals surface area contributed by atoms with E-state index in [-0.39, 0.29) is 0 Å². The standard InChI is InChI=1S/C17H20N4O/c1-12-19-20-17-7-6-13(11-21(12)17)9-18-10-15-8-14-4-2-3-5-16(14)22-15/h2-5,8,13,18H,6-7,9-11H2,1H3. The number of hydrogen-bond donors (Lipinski definition) is 1. The van der Waals surface area contributed by atoms with Crippen LogP contribution in [0.1, 0.15) is 23.8 Å². The van der Waals surface area contributed by atoms with Crippen molar-refractivity contribution in [2.75, 3.05) is 6.54 Å². The molecule has 2 aromatic heterocycles. The van der Waals surface area contributed by atoms with Gasteiger partial charge < -0.3 is 14.3 Å². The molecular weight excluding hydrogens is 276 g/mol. The van der Waals surface area contributed by atoms with E-state index in [0.717, 1.165) is 49.0 Å². The van der Waals surface area contributed by atoms with Gasteiger partial charge in [-0.25, -0.2) is 0 Å². The Kier molecular flexibility index (Phi) is 3.42. The summed E-state index contributed by atoms with van der Waals surface area (Å²) in [5.41, 5.74) is 0.960. The summed E-state index contributed by atoms with van der Waals surface area (Å²) in [6.45, 7) is 4.81. The molecule has 1 aromatic carbocycles. The van der Waals surface area contributed by atoms with Crippen molar-refractivity contribution in [3.05, 3.63) is 47.7 Å². The van der Waals surface area contributed by atoms with Gasteiger partial charge in [0.2, 0.25) is 0 Å². The molecule has 1 atom stereocenters. The number of hydrogen-bond acceptors (Lipinski definition) is 4. The molecule has 0 spiro atoms. The molecule has 3 aromatic rings. The van der Waals surface area contributed by atoms with E-state index in [2.05, 4.69) is 32.2 Å². The van der Waals surface area contributed by atoms with Crippen molar-refractivity contribution in [2.45, 2.75) is 32.9 Å². The van der Waals surface area contributed by atoms with Gasteiger partial charge in [0.05, 0.1) is 6.54 Å². The van der Waals surface area contributed by atoms with Crippen LogP contribution >= 0.6 is 0 Å². The van der Waals surface area contributed by atoms with Crippen molar-refractivity contribution in [1.82, 2.24) is 20.1 Å². The summed E-state index contributed by atoms with van der Waals surface area (Å²) in [4.78, 5) is 0. The van der Waals surface area contributed by atoms with Crippen molar-refractivity contribution in [3.8, 4) is 0 Å². The maximum atomic E-state index is 5.83. The first kappa shape index (κ1) is 13.5. The first-order valence-corrected chi connectivity index (χ1v) is 7.86. The fraction of sp³-hybridized carbons (Fsp3) is 0.412. The Balaban J connectivity index is 1.35. The summed E-state index contributed by atoms with van der Waals surface area (Å²) < 4.78 is 8.08. The lowest BCUT2D eigenvalue weighted by Gasteiger charge is -2.24. The average molecular weight is 296 g/mol. The zero-order valence-electron chi connectivity index (χ0n) is 12.7. The monoisotopic (exact) mass is 296 g/mol. The van der Waals surface area contributed by atoms with Crippen LogP contribution in [0.2, 0.25) is 0 Å². The summed E-state index contributed by atoms with van der Waals surface area (Å²) in [6.07, 6.45) is 2.20. The van der Waals surface area contributed by atoms with E-state index in [9.17, 15) is 0 Å². The van der Waals surface area contributed by atoms with E-state index < -0.39 is 0 Å². The van der Waals surface area contributed by atoms with Crippen molar-refractivity contribution in [1.29, 1.82) is 0 Å². The second-order valence-corrected chi connectivity index (χ2v) is 6.06. The Labute approximate surface area is 129 Å². The molecule has 1 aliphatic rings. The summed E-state index contributed by atoms with van der Waals surface area (Å²) in [6, 6.07) is 10.3. The summed E-state index contributed by atoms with van der Waals surface area (Å²) in [5, 5.41) is 13.1. The SMILES string of the molecule is Cc1nnc2n1CC(CNCc1cc3ccccc3o1)CC2. The Bertz CT molecular complexity index is 756. The number of aromatic nitrogens is 3. The van der Waals surface area contributed by atoms with Crippen molar-refractivity contribution in [2.24, 2.45) is 5.92 Å². The molecule has 1 aliphatic heterocycles. The third-order valence-electron chi connectivity index (χ3n) is 4.44. The molecular formula is C17H20N4O. The number of rotatable bonds is 4. The highest BCUT2D eigenvalue weighted by atomic mass is 16.3. The number of furan rings is 1. The Morgan fingerprint density at radius 2 is 2.23 bits per heavy atom. The molecule has 114 valence electrons. The van der Waals surface area contributed by atoms with Gasteiger partial charge in [-0.1, -0.05) is 18.2 Å².